The molecule has 0 unspecified atom stereocenters. The fourth-order valence-electron chi connectivity index (χ4n) is 0.753. The molecule has 54 valence electrons. The van der Waals surface area contributed by atoms with E-state index in [-0.39, 0.29) is 5.57 Å². The quantitative estimate of drug-likeness (QED) is 0.426. The predicted molar refractivity (Wildman–Crippen MR) is 44.3 cm³/mol. The SMILES string of the molecule is N#CC(C#N)=CC1=CC=C[C+]=C1. The molecule has 0 aromatic carbocycles. The average Bonchev–Trinajstić information content (AvgIpc) is 2.16. The molecule has 0 fully saturated rings. The molecule has 2 heteroatoms. The van der Waals surface area contributed by atoms with Gasteiger partial charge in [-0.3, -0.25) is 0 Å². The summed E-state index contributed by atoms with van der Waals surface area (Å²) in [6, 6.07) is 3.57. The van der Waals surface area contributed by atoms with Gasteiger partial charge in [0.15, 0.2) is 0 Å². The van der Waals surface area contributed by atoms with Crippen molar-refractivity contribution in [2.75, 3.05) is 0 Å². The van der Waals surface area contributed by atoms with Crippen LogP contribution in [0.15, 0.2) is 41.5 Å². The molecular weight excluding hydrogens is 148 g/mol. The molecule has 0 bridgehead atoms. The van der Waals surface area contributed by atoms with Gasteiger partial charge in [0, 0.05) is 18.2 Å². The molecule has 0 saturated heterocycles. The van der Waals surface area contributed by atoms with E-state index in [9.17, 15) is 0 Å². The Morgan fingerprint density at radius 2 is 2.17 bits per heavy atom. The van der Waals surface area contributed by atoms with E-state index in [1.807, 2.05) is 6.08 Å². The fraction of sp³-hybridized carbons (Fsp3) is 0. The first-order chi connectivity index (χ1) is 5.86. The van der Waals surface area contributed by atoms with Gasteiger partial charge in [-0.05, 0) is 0 Å². The summed E-state index contributed by atoms with van der Waals surface area (Å²) in [5.74, 6) is 0. The van der Waals surface area contributed by atoms with E-state index in [2.05, 4.69) is 6.08 Å². The molecule has 0 radical (unpaired) electrons. The highest BCUT2D eigenvalue weighted by atomic mass is 14.3. The molecule has 2 nitrogen and oxygen atoms in total. The maximum atomic E-state index is 8.44. The summed E-state index contributed by atoms with van der Waals surface area (Å²) in [4.78, 5) is 0. The van der Waals surface area contributed by atoms with Gasteiger partial charge in [-0.2, -0.15) is 10.5 Å². The minimum atomic E-state index is 0.106. The third-order valence-electron chi connectivity index (χ3n) is 1.28. The number of nitrogens with zero attached hydrogens (tertiary/aromatic N) is 2. The summed E-state index contributed by atoms with van der Waals surface area (Å²) in [5, 5.41) is 16.9. The van der Waals surface area contributed by atoms with Crippen LogP contribution in [0.2, 0.25) is 0 Å². The molecule has 1 aliphatic carbocycles. The van der Waals surface area contributed by atoms with E-state index in [1.54, 1.807) is 30.4 Å². The molecule has 0 amide bonds. The number of hydrogen-bond donors (Lipinski definition) is 0. The normalized spacial score (nSPS) is 12.0. The van der Waals surface area contributed by atoms with Crippen molar-refractivity contribution in [1.29, 1.82) is 10.5 Å². The summed E-state index contributed by atoms with van der Waals surface area (Å²) in [6.07, 6.45) is 11.5. The van der Waals surface area contributed by atoms with Crippen LogP contribution in [-0.2, 0) is 0 Å². The molecule has 0 atom stereocenters. The third-order valence-corrected chi connectivity index (χ3v) is 1.28. The van der Waals surface area contributed by atoms with Crippen LogP contribution in [0.25, 0.3) is 0 Å². The summed E-state index contributed by atoms with van der Waals surface area (Å²) < 4.78 is 0. The second-order valence-electron chi connectivity index (χ2n) is 2.12. The lowest BCUT2D eigenvalue weighted by molar-refractivity contribution is 1.45. The van der Waals surface area contributed by atoms with Crippen molar-refractivity contribution in [3.63, 3.8) is 0 Å². The summed E-state index contributed by atoms with van der Waals surface area (Å²) in [7, 11) is 0. The Morgan fingerprint density at radius 1 is 1.42 bits per heavy atom. The average molecular weight is 153 g/mol. The molecular formula is C10H5N2+. The van der Waals surface area contributed by atoms with Crippen molar-refractivity contribution in [3.05, 3.63) is 47.6 Å². The summed E-state index contributed by atoms with van der Waals surface area (Å²) in [6.45, 7) is 0. The number of rotatable bonds is 1. The van der Waals surface area contributed by atoms with Gasteiger partial charge in [-0.25, -0.2) is 0 Å². The first kappa shape index (κ1) is 7.95. The van der Waals surface area contributed by atoms with Crippen molar-refractivity contribution >= 4 is 0 Å². The van der Waals surface area contributed by atoms with Crippen LogP contribution in [0, 0.1) is 28.7 Å². The van der Waals surface area contributed by atoms with Gasteiger partial charge in [0.1, 0.15) is 29.9 Å². The zero-order valence-corrected chi connectivity index (χ0v) is 6.28. The lowest BCUT2D eigenvalue weighted by Crippen LogP contribution is -1.78. The zero-order valence-electron chi connectivity index (χ0n) is 6.28. The largest absolute Gasteiger partial charge is 0.192 e. The molecule has 1 aliphatic rings. The fourth-order valence-corrected chi connectivity index (χ4v) is 0.753. The first-order valence-electron chi connectivity index (χ1n) is 3.35. The van der Waals surface area contributed by atoms with Crippen LogP contribution in [0.4, 0.5) is 0 Å². The molecule has 1 rings (SSSR count). The number of nitriles is 2. The van der Waals surface area contributed by atoms with E-state index in [4.69, 9.17) is 10.5 Å². The summed E-state index contributed by atoms with van der Waals surface area (Å²) >= 11 is 0. The highest BCUT2D eigenvalue weighted by molar-refractivity contribution is 5.47. The maximum absolute atomic E-state index is 8.44. The van der Waals surface area contributed by atoms with E-state index in [1.165, 1.54) is 6.08 Å². The van der Waals surface area contributed by atoms with Crippen LogP contribution in [0.3, 0.4) is 0 Å². The van der Waals surface area contributed by atoms with Crippen molar-refractivity contribution in [2.24, 2.45) is 0 Å². The molecule has 0 aromatic heterocycles. The molecule has 0 saturated carbocycles. The van der Waals surface area contributed by atoms with Gasteiger partial charge in [0.25, 0.3) is 0 Å². The van der Waals surface area contributed by atoms with Crippen LogP contribution < -0.4 is 0 Å². The molecule has 0 N–H and O–H groups in total. The van der Waals surface area contributed by atoms with Gasteiger partial charge in [-0.15, -0.1) is 0 Å². The molecule has 12 heavy (non-hydrogen) atoms. The summed E-state index contributed by atoms with van der Waals surface area (Å²) in [5.41, 5.74) is 0.921. The lowest BCUT2D eigenvalue weighted by atomic mass is 10.1. The van der Waals surface area contributed by atoms with Crippen molar-refractivity contribution in [2.45, 2.75) is 0 Å². The molecule has 0 aliphatic heterocycles. The zero-order chi connectivity index (χ0) is 8.81. The van der Waals surface area contributed by atoms with E-state index in [0.29, 0.717) is 0 Å². The second kappa shape index (κ2) is 3.88. The van der Waals surface area contributed by atoms with E-state index in [0.717, 1.165) is 5.57 Å². The molecule has 0 heterocycles. The highest BCUT2D eigenvalue weighted by Gasteiger charge is 2.01. The Hall–Kier alpha value is -2.15. The van der Waals surface area contributed by atoms with Gasteiger partial charge < -0.3 is 0 Å². The Labute approximate surface area is 71.0 Å². The van der Waals surface area contributed by atoms with Gasteiger partial charge in [0.05, 0.1) is 11.6 Å². The highest BCUT2D eigenvalue weighted by Crippen LogP contribution is 2.06. The van der Waals surface area contributed by atoms with E-state index >= 15 is 0 Å². The minimum absolute atomic E-state index is 0.106. The Kier molecular flexibility index (Phi) is 2.57. The first-order valence-corrected chi connectivity index (χ1v) is 3.35. The topological polar surface area (TPSA) is 47.6 Å². The van der Waals surface area contributed by atoms with E-state index < -0.39 is 0 Å². The number of hydrogen-bond acceptors (Lipinski definition) is 2. The van der Waals surface area contributed by atoms with Crippen LogP contribution in [0.5, 0.6) is 0 Å². The van der Waals surface area contributed by atoms with Crippen molar-refractivity contribution in [3.8, 4) is 12.1 Å². The predicted octanol–water partition coefficient (Wildman–Crippen LogP) is 1.82. The van der Waals surface area contributed by atoms with Crippen molar-refractivity contribution < 1.29 is 0 Å². The lowest BCUT2D eigenvalue weighted by Gasteiger charge is -1.84. The van der Waals surface area contributed by atoms with Gasteiger partial charge >= 0.3 is 0 Å². The standard InChI is InChI=1S/C10H5N2/c11-7-10(8-12)6-9-4-2-1-3-5-9/h1-2,4-6H/q+1. The van der Waals surface area contributed by atoms with Crippen LogP contribution in [0.1, 0.15) is 0 Å². The monoisotopic (exact) mass is 153 g/mol. The van der Waals surface area contributed by atoms with Gasteiger partial charge in [0.2, 0.25) is 0 Å². The maximum Gasteiger partial charge on any atom is 0.143 e. The Morgan fingerprint density at radius 3 is 2.67 bits per heavy atom. The van der Waals surface area contributed by atoms with Crippen LogP contribution in [-0.4, -0.2) is 0 Å². The molecule has 0 aromatic rings. The Balaban J connectivity index is 2.90. The van der Waals surface area contributed by atoms with Crippen LogP contribution >= 0.6 is 0 Å². The third kappa shape index (κ3) is 1.92. The smallest absolute Gasteiger partial charge is 0.143 e. The Bertz CT molecular complexity index is 352. The second-order valence-corrected chi connectivity index (χ2v) is 2.12. The number of allylic oxidation sites excluding steroid dienone is 8. The molecule has 0 spiro atoms. The van der Waals surface area contributed by atoms with Crippen molar-refractivity contribution in [1.82, 2.24) is 0 Å². The van der Waals surface area contributed by atoms with Gasteiger partial charge in [-0.1, -0.05) is 0 Å². The minimum Gasteiger partial charge on any atom is -0.192 e.